The molecule has 10 heteroatoms. The summed E-state index contributed by atoms with van der Waals surface area (Å²) in [6.45, 7) is -0.364. The van der Waals surface area contributed by atoms with Crippen LogP contribution in [0.1, 0.15) is 37.4 Å². The molecule has 1 aromatic rings. The Labute approximate surface area is 139 Å². The molecule has 0 unspecified atom stereocenters. The maximum atomic E-state index is 11.3. The van der Waals surface area contributed by atoms with Crippen molar-refractivity contribution >= 4 is 16.0 Å². The van der Waals surface area contributed by atoms with Crippen LogP contribution in [0, 0.1) is 10.1 Å². The van der Waals surface area contributed by atoms with Gasteiger partial charge in [-0.1, -0.05) is 12.1 Å². The van der Waals surface area contributed by atoms with Crippen LogP contribution in [0.3, 0.4) is 0 Å². The molecule has 0 radical (unpaired) electrons. The van der Waals surface area contributed by atoms with Gasteiger partial charge in [0.05, 0.1) is 17.1 Å². The zero-order valence-corrected chi connectivity index (χ0v) is 13.6. The number of nitro groups is 1. The molecule has 9 nitrogen and oxygen atoms in total. The highest BCUT2D eigenvalue weighted by molar-refractivity contribution is 7.84. The fourth-order valence-corrected chi connectivity index (χ4v) is 3.59. The summed E-state index contributed by atoms with van der Waals surface area (Å²) in [5, 5.41) is 16.1. The summed E-state index contributed by atoms with van der Waals surface area (Å²) in [6, 6.07) is 6.15. The Morgan fingerprint density at radius 1 is 1.29 bits per heavy atom. The molecular weight excluding hydrogens is 340 g/mol. The predicted octanol–water partition coefficient (Wildman–Crippen LogP) is 1.54. The van der Waals surface area contributed by atoms with E-state index in [9.17, 15) is 18.5 Å². The third kappa shape index (κ3) is 3.57. The van der Waals surface area contributed by atoms with E-state index in [4.69, 9.17) is 14.6 Å². The molecule has 2 N–H and O–H groups in total. The summed E-state index contributed by atoms with van der Waals surface area (Å²) in [7, 11) is -4.15. The number of nitrogens with two attached hydrogens (primary N) is 1. The monoisotopic (exact) mass is 358 g/mol. The highest BCUT2D eigenvalue weighted by Gasteiger charge is 2.51. The maximum Gasteiger partial charge on any atom is 0.333 e. The molecule has 2 aliphatic rings. The summed E-state index contributed by atoms with van der Waals surface area (Å²) in [4.78, 5) is 10.8. The van der Waals surface area contributed by atoms with Crippen LogP contribution in [-0.4, -0.2) is 31.8 Å². The molecule has 1 heterocycles. The second kappa shape index (κ2) is 6.37. The zero-order chi connectivity index (χ0) is 17.4. The number of hydrogen-bond acceptors (Lipinski definition) is 7. The summed E-state index contributed by atoms with van der Waals surface area (Å²) in [5.74, 6) is -0.846. The van der Waals surface area contributed by atoms with Crippen molar-refractivity contribution in [1.82, 2.24) is 0 Å². The Balaban J connectivity index is 1.91. The Hall–Kier alpha value is -1.59. The van der Waals surface area contributed by atoms with Gasteiger partial charge in [-0.2, -0.15) is 8.42 Å². The first-order valence-corrected chi connectivity index (χ1v) is 9.03. The lowest BCUT2D eigenvalue weighted by Gasteiger charge is -2.21. The van der Waals surface area contributed by atoms with Crippen molar-refractivity contribution in [2.45, 2.75) is 43.7 Å². The Morgan fingerprint density at radius 3 is 2.58 bits per heavy atom. The van der Waals surface area contributed by atoms with Crippen molar-refractivity contribution in [3.05, 3.63) is 39.9 Å². The first kappa shape index (κ1) is 17.2. The molecule has 1 aliphatic carbocycles. The first-order chi connectivity index (χ1) is 11.3. The number of nitrogens with zero attached hydrogens (tertiary/aromatic N) is 1. The number of ether oxygens (including phenoxy) is 2. The van der Waals surface area contributed by atoms with Crippen LogP contribution >= 0.6 is 0 Å². The average Bonchev–Trinajstić information content (AvgIpc) is 3.12. The van der Waals surface area contributed by atoms with Crippen LogP contribution in [0.15, 0.2) is 24.3 Å². The second-order valence-electron chi connectivity index (χ2n) is 5.91. The predicted molar refractivity (Wildman–Crippen MR) is 82.1 cm³/mol. The molecule has 1 aromatic carbocycles. The average molecular weight is 358 g/mol. The third-order valence-electron chi connectivity index (χ3n) is 4.25. The molecule has 0 bridgehead atoms. The van der Waals surface area contributed by atoms with Gasteiger partial charge >= 0.3 is 10.3 Å². The van der Waals surface area contributed by atoms with Gasteiger partial charge in [-0.05, 0) is 18.9 Å². The number of rotatable bonds is 5. The molecule has 24 heavy (non-hydrogen) atoms. The fraction of sp³-hybridized carbons (Fsp3) is 0.571. The molecule has 1 aliphatic heterocycles. The molecule has 2 fully saturated rings. The van der Waals surface area contributed by atoms with E-state index in [-0.39, 0.29) is 12.3 Å². The number of benzene rings is 1. The highest BCUT2D eigenvalue weighted by Crippen LogP contribution is 2.48. The molecule has 132 valence electrons. The van der Waals surface area contributed by atoms with Gasteiger partial charge in [-0.25, -0.2) is 5.14 Å². The largest absolute Gasteiger partial charge is 0.341 e. The van der Waals surface area contributed by atoms with E-state index in [1.807, 2.05) is 0 Å². The fourth-order valence-electron chi connectivity index (χ4n) is 3.26. The molecule has 1 saturated heterocycles. The number of hydrogen-bond donors (Lipinski definition) is 1. The minimum atomic E-state index is -4.15. The van der Waals surface area contributed by atoms with Gasteiger partial charge in [0.2, 0.25) is 0 Å². The molecule has 2 atom stereocenters. The quantitative estimate of drug-likeness (QED) is 0.624. The minimum absolute atomic E-state index is 0.109. The molecular formula is C14H18N2O7S. The third-order valence-corrected chi connectivity index (χ3v) is 4.71. The van der Waals surface area contributed by atoms with Crippen molar-refractivity contribution < 1.29 is 27.0 Å². The van der Waals surface area contributed by atoms with E-state index in [1.165, 1.54) is 6.07 Å². The van der Waals surface area contributed by atoms with Gasteiger partial charge in [0, 0.05) is 18.9 Å². The Kier molecular flexibility index (Phi) is 4.58. The van der Waals surface area contributed by atoms with E-state index in [2.05, 4.69) is 4.18 Å². The molecule has 0 amide bonds. The summed E-state index contributed by atoms with van der Waals surface area (Å²) in [6.07, 6.45) is 1.51. The zero-order valence-electron chi connectivity index (χ0n) is 12.8. The number of para-hydroxylation sites is 1. The van der Waals surface area contributed by atoms with E-state index in [1.54, 1.807) is 18.2 Å². The van der Waals surface area contributed by atoms with E-state index < -0.39 is 33.2 Å². The smallest absolute Gasteiger partial charge is 0.333 e. The van der Waals surface area contributed by atoms with Crippen molar-refractivity contribution in [1.29, 1.82) is 0 Å². The van der Waals surface area contributed by atoms with Crippen LogP contribution in [0.5, 0.6) is 0 Å². The van der Waals surface area contributed by atoms with Crippen LogP contribution in [-0.2, 0) is 24.0 Å². The molecule has 1 saturated carbocycles. The topological polar surface area (TPSA) is 131 Å². The van der Waals surface area contributed by atoms with Crippen LogP contribution < -0.4 is 5.14 Å². The van der Waals surface area contributed by atoms with Crippen molar-refractivity contribution in [2.75, 3.05) is 6.61 Å². The van der Waals surface area contributed by atoms with Crippen LogP contribution in [0.25, 0.3) is 0 Å². The summed E-state index contributed by atoms with van der Waals surface area (Å²) >= 11 is 0. The lowest BCUT2D eigenvalue weighted by molar-refractivity contribution is -0.386. The van der Waals surface area contributed by atoms with E-state index >= 15 is 0 Å². The van der Waals surface area contributed by atoms with E-state index in [0.717, 1.165) is 12.8 Å². The lowest BCUT2D eigenvalue weighted by atomic mass is 10.0. The van der Waals surface area contributed by atoms with Crippen LogP contribution in [0.4, 0.5) is 5.69 Å². The van der Waals surface area contributed by atoms with Gasteiger partial charge in [-0.15, -0.1) is 0 Å². The van der Waals surface area contributed by atoms with Crippen molar-refractivity contribution in [2.24, 2.45) is 5.14 Å². The standard InChI is InChI=1S/C14H18N2O7S/c15-24(19,20)21-9-12-13(23-14(22-12)7-3-4-8-14)10-5-1-2-6-11(10)16(17)18/h1-2,5-6,12-13H,3-4,7-9H2,(H2,15,19,20)/t12-,13-/m1/s1. The van der Waals surface area contributed by atoms with Crippen molar-refractivity contribution in [3.8, 4) is 0 Å². The van der Waals surface area contributed by atoms with Gasteiger partial charge in [-0.3, -0.25) is 14.3 Å². The lowest BCUT2D eigenvalue weighted by Crippen LogP contribution is -2.29. The second-order valence-corrected chi connectivity index (χ2v) is 7.13. The first-order valence-electron chi connectivity index (χ1n) is 7.56. The SMILES string of the molecule is NS(=O)(=O)OC[C@H]1OC2(CCCC2)O[C@@H]1c1ccccc1[N+](=O)[O-]. The molecule has 1 spiro atoms. The minimum Gasteiger partial charge on any atom is -0.341 e. The van der Waals surface area contributed by atoms with Gasteiger partial charge in [0.15, 0.2) is 5.79 Å². The Bertz CT molecular complexity index is 730. The number of nitro benzene ring substituents is 1. The van der Waals surface area contributed by atoms with Gasteiger partial charge < -0.3 is 9.47 Å². The van der Waals surface area contributed by atoms with Crippen molar-refractivity contribution in [3.63, 3.8) is 0 Å². The van der Waals surface area contributed by atoms with Crippen LogP contribution in [0.2, 0.25) is 0 Å². The van der Waals surface area contributed by atoms with E-state index in [0.29, 0.717) is 18.4 Å². The normalized spacial score (nSPS) is 26.0. The molecule has 0 aromatic heterocycles. The summed E-state index contributed by atoms with van der Waals surface area (Å²) < 4.78 is 38.7. The highest BCUT2D eigenvalue weighted by atomic mass is 32.2. The Morgan fingerprint density at radius 2 is 1.96 bits per heavy atom. The summed E-state index contributed by atoms with van der Waals surface area (Å²) in [5.41, 5.74) is 0.219. The van der Waals surface area contributed by atoms with Gasteiger partial charge in [0.1, 0.15) is 12.2 Å². The molecule has 3 rings (SSSR count). The maximum absolute atomic E-state index is 11.3. The van der Waals surface area contributed by atoms with Gasteiger partial charge in [0.25, 0.3) is 5.69 Å².